The van der Waals surface area contributed by atoms with Crippen LogP contribution in [0, 0.1) is 5.82 Å². The molecular weight excluding hydrogens is 351 g/mol. The molecule has 1 aromatic carbocycles. The zero-order chi connectivity index (χ0) is 15.1. The molecule has 5 nitrogen and oxygen atoms in total. The highest BCUT2D eigenvalue weighted by molar-refractivity contribution is 9.10. The molecule has 8 heteroatoms. The van der Waals surface area contributed by atoms with Gasteiger partial charge in [-0.2, -0.15) is 4.31 Å². The first-order valence-corrected chi connectivity index (χ1v) is 8.34. The number of ether oxygens (including phenoxy) is 1. The van der Waals surface area contributed by atoms with Gasteiger partial charge in [0.2, 0.25) is 10.0 Å². The second-order valence-corrected chi connectivity index (χ2v) is 7.60. The van der Waals surface area contributed by atoms with Gasteiger partial charge in [-0.3, -0.25) is 0 Å². The van der Waals surface area contributed by atoms with E-state index in [4.69, 9.17) is 10.5 Å². The van der Waals surface area contributed by atoms with Crippen LogP contribution in [0.2, 0.25) is 0 Å². The number of nitrogens with zero attached hydrogens (tertiary/aromatic N) is 1. The van der Waals surface area contributed by atoms with Gasteiger partial charge in [-0.15, -0.1) is 0 Å². The maximum absolute atomic E-state index is 14.1. The van der Waals surface area contributed by atoms with Crippen molar-refractivity contribution in [1.29, 1.82) is 0 Å². The molecule has 0 bridgehead atoms. The minimum atomic E-state index is -3.95. The first kappa shape index (κ1) is 15.7. The van der Waals surface area contributed by atoms with Gasteiger partial charge in [-0.1, -0.05) is 0 Å². The number of nitrogen functional groups attached to an aromatic ring is 1. The van der Waals surface area contributed by atoms with E-state index >= 15 is 0 Å². The van der Waals surface area contributed by atoms with Crippen molar-refractivity contribution in [3.63, 3.8) is 0 Å². The zero-order valence-electron chi connectivity index (χ0n) is 11.1. The lowest BCUT2D eigenvalue weighted by Gasteiger charge is -2.35. The maximum atomic E-state index is 14.1. The number of halogens is 2. The Morgan fingerprint density at radius 3 is 2.75 bits per heavy atom. The Kier molecular flexibility index (Phi) is 4.38. The fourth-order valence-corrected chi connectivity index (χ4v) is 4.53. The minimum Gasteiger partial charge on any atom is -0.399 e. The van der Waals surface area contributed by atoms with Gasteiger partial charge in [-0.25, -0.2) is 12.8 Å². The van der Waals surface area contributed by atoms with Crippen molar-refractivity contribution in [2.45, 2.75) is 30.9 Å². The number of sulfonamides is 1. The van der Waals surface area contributed by atoms with E-state index in [-0.39, 0.29) is 35.5 Å². The molecule has 1 heterocycles. The fraction of sp³-hybridized carbons (Fsp3) is 0.500. The number of anilines is 1. The van der Waals surface area contributed by atoms with Crippen LogP contribution in [-0.4, -0.2) is 38.0 Å². The lowest BCUT2D eigenvalue weighted by atomic mass is 10.2. The summed E-state index contributed by atoms with van der Waals surface area (Å²) in [4.78, 5) is -0.412. The van der Waals surface area contributed by atoms with Gasteiger partial charge < -0.3 is 10.5 Å². The van der Waals surface area contributed by atoms with Crippen LogP contribution in [0.25, 0.3) is 0 Å². The Morgan fingerprint density at radius 2 is 2.10 bits per heavy atom. The monoisotopic (exact) mass is 366 g/mol. The van der Waals surface area contributed by atoms with E-state index in [1.165, 1.54) is 10.4 Å². The predicted molar refractivity (Wildman–Crippen MR) is 77.3 cm³/mol. The van der Waals surface area contributed by atoms with E-state index in [0.717, 1.165) is 6.07 Å². The number of rotatable bonds is 2. The quantitative estimate of drug-likeness (QED) is 0.812. The summed E-state index contributed by atoms with van der Waals surface area (Å²) in [6, 6.07) is 2.12. The average molecular weight is 367 g/mol. The molecule has 2 N–H and O–H groups in total. The second-order valence-electron chi connectivity index (χ2n) is 4.88. The molecule has 2 unspecified atom stereocenters. The molecule has 0 aromatic heterocycles. The maximum Gasteiger partial charge on any atom is 0.246 e. The summed E-state index contributed by atoms with van der Waals surface area (Å²) in [5.41, 5.74) is 5.80. The molecule has 0 amide bonds. The van der Waals surface area contributed by atoms with E-state index in [1.807, 2.05) is 0 Å². The van der Waals surface area contributed by atoms with Crippen molar-refractivity contribution in [2.75, 3.05) is 18.9 Å². The molecule has 0 radical (unpaired) electrons. The number of hydrogen-bond donors (Lipinski definition) is 1. The number of benzene rings is 1. The lowest BCUT2D eigenvalue weighted by molar-refractivity contribution is -0.0171. The molecule has 2 atom stereocenters. The molecule has 2 rings (SSSR count). The molecule has 1 aliphatic heterocycles. The SMILES string of the molecule is CC1CN(S(=O)(=O)c2cc(N)cc(Br)c2F)C(C)CO1. The van der Waals surface area contributed by atoms with Gasteiger partial charge in [0.15, 0.2) is 5.82 Å². The summed E-state index contributed by atoms with van der Waals surface area (Å²) in [5, 5.41) is 0. The molecule has 0 aliphatic carbocycles. The van der Waals surface area contributed by atoms with E-state index in [0.29, 0.717) is 0 Å². The number of hydrogen-bond acceptors (Lipinski definition) is 4. The van der Waals surface area contributed by atoms with E-state index in [2.05, 4.69) is 15.9 Å². The van der Waals surface area contributed by atoms with Crippen LogP contribution in [0.3, 0.4) is 0 Å². The third-order valence-electron chi connectivity index (χ3n) is 3.15. The molecule has 1 fully saturated rings. The van der Waals surface area contributed by atoms with Gasteiger partial charge in [0.05, 0.1) is 17.2 Å². The summed E-state index contributed by atoms with van der Waals surface area (Å²) in [7, 11) is -3.95. The lowest BCUT2D eigenvalue weighted by Crippen LogP contribution is -2.50. The second kappa shape index (κ2) is 5.59. The Bertz CT molecular complexity index is 623. The number of nitrogens with two attached hydrogens (primary N) is 1. The van der Waals surface area contributed by atoms with Gasteiger partial charge in [0.1, 0.15) is 4.90 Å². The smallest absolute Gasteiger partial charge is 0.246 e. The zero-order valence-corrected chi connectivity index (χ0v) is 13.5. The van der Waals surface area contributed by atoms with Crippen molar-refractivity contribution in [2.24, 2.45) is 0 Å². The van der Waals surface area contributed by atoms with Gasteiger partial charge in [-0.05, 0) is 41.9 Å². The van der Waals surface area contributed by atoms with Crippen molar-refractivity contribution in [3.05, 3.63) is 22.4 Å². The summed E-state index contributed by atoms with van der Waals surface area (Å²) in [6.45, 7) is 3.98. The van der Waals surface area contributed by atoms with E-state index in [1.54, 1.807) is 13.8 Å². The Morgan fingerprint density at radius 1 is 1.45 bits per heavy atom. The van der Waals surface area contributed by atoms with E-state index in [9.17, 15) is 12.8 Å². The first-order valence-electron chi connectivity index (χ1n) is 6.11. The van der Waals surface area contributed by atoms with Gasteiger partial charge in [0, 0.05) is 18.3 Å². The largest absolute Gasteiger partial charge is 0.399 e. The van der Waals surface area contributed by atoms with Crippen LogP contribution in [0.5, 0.6) is 0 Å². The van der Waals surface area contributed by atoms with Crippen molar-refractivity contribution in [3.8, 4) is 0 Å². The molecule has 1 saturated heterocycles. The fourth-order valence-electron chi connectivity index (χ4n) is 2.11. The molecule has 112 valence electrons. The molecule has 0 spiro atoms. The standard InChI is InChI=1S/C12H16BrFN2O3S/c1-7-6-19-8(2)5-16(7)20(17,18)11-4-9(15)3-10(13)12(11)14/h3-4,7-8H,5-6,15H2,1-2H3. The molecule has 1 aromatic rings. The van der Waals surface area contributed by atoms with Crippen molar-refractivity contribution in [1.82, 2.24) is 4.31 Å². The molecule has 0 saturated carbocycles. The molecule has 1 aliphatic rings. The van der Waals surface area contributed by atoms with Crippen molar-refractivity contribution < 1.29 is 17.5 Å². The van der Waals surface area contributed by atoms with Gasteiger partial charge in [0.25, 0.3) is 0 Å². The molecule has 20 heavy (non-hydrogen) atoms. The Balaban J connectivity index is 2.50. The highest BCUT2D eigenvalue weighted by Crippen LogP contribution is 2.30. The topological polar surface area (TPSA) is 72.6 Å². The summed E-state index contributed by atoms with van der Waals surface area (Å²) in [6.07, 6.45) is -0.228. The summed E-state index contributed by atoms with van der Waals surface area (Å²) < 4.78 is 46.0. The van der Waals surface area contributed by atoms with Crippen LogP contribution < -0.4 is 5.73 Å². The van der Waals surface area contributed by atoms with Crippen LogP contribution in [0.1, 0.15) is 13.8 Å². The van der Waals surface area contributed by atoms with Crippen LogP contribution in [-0.2, 0) is 14.8 Å². The Labute approximate surface area is 126 Å². The number of morpholine rings is 1. The van der Waals surface area contributed by atoms with Crippen LogP contribution in [0.15, 0.2) is 21.5 Å². The summed E-state index contributed by atoms with van der Waals surface area (Å²) >= 11 is 2.98. The normalized spacial score (nSPS) is 24.8. The average Bonchev–Trinajstić information content (AvgIpc) is 2.36. The predicted octanol–water partition coefficient (Wildman–Crippen LogP) is 1.97. The third-order valence-corrected chi connectivity index (χ3v) is 5.71. The highest BCUT2D eigenvalue weighted by Gasteiger charge is 2.36. The summed E-state index contributed by atoms with van der Waals surface area (Å²) in [5.74, 6) is -0.828. The van der Waals surface area contributed by atoms with Crippen LogP contribution in [0.4, 0.5) is 10.1 Å². The molecular formula is C12H16BrFN2O3S. The highest BCUT2D eigenvalue weighted by atomic mass is 79.9. The minimum absolute atomic E-state index is 0.0324. The Hall–Kier alpha value is -0.700. The van der Waals surface area contributed by atoms with Crippen LogP contribution >= 0.6 is 15.9 Å². The van der Waals surface area contributed by atoms with E-state index < -0.39 is 20.7 Å². The van der Waals surface area contributed by atoms with Crippen molar-refractivity contribution >= 4 is 31.6 Å². The third kappa shape index (κ3) is 2.83. The first-order chi connectivity index (χ1) is 9.23. The van der Waals surface area contributed by atoms with Gasteiger partial charge >= 0.3 is 0 Å².